The lowest BCUT2D eigenvalue weighted by molar-refractivity contribution is 0.0862. The number of hydrogen-bond acceptors (Lipinski definition) is 3. The van der Waals surface area contributed by atoms with Crippen LogP contribution in [0, 0.1) is 30.1 Å². The number of benzene rings is 1. The van der Waals surface area contributed by atoms with Gasteiger partial charge in [-0.15, -0.1) is 0 Å². The van der Waals surface area contributed by atoms with E-state index in [1.807, 2.05) is 0 Å². The van der Waals surface area contributed by atoms with Crippen molar-refractivity contribution in [3.05, 3.63) is 83.0 Å². The molecule has 4 fully saturated rings. The Labute approximate surface area is 223 Å². The number of aliphatic hydroxyl groups is 3. The molecule has 0 aromatic heterocycles. The zero-order valence-electron chi connectivity index (χ0n) is 23.0. The summed E-state index contributed by atoms with van der Waals surface area (Å²) >= 11 is 0. The third kappa shape index (κ3) is 5.07. The molecule has 0 bridgehead atoms. The third-order valence-electron chi connectivity index (χ3n) is 10.5. The fourth-order valence-corrected chi connectivity index (χ4v) is 7.98. The first-order valence-corrected chi connectivity index (χ1v) is 14.5. The first kappa shape index (κ1) is 26.7. The lowest BCUT2D eigenvalue weighted by Crippen LogP contribution is -2.35. The quantitative estimate of drug-likeness (QED) is 0.378. The predicted molar refractivity (Wildman–Crippen MR) is 151 cm³/mol. The molecular weight excluding hydrogens is 456 g/mol. The van der Waals surface area contributed by atoms with Crippen LogP contribution in [-0.4, -0.2) is 33.6 Å². The van der Waals surface area contributed by atoms with Crippen molar-refractivity contribution >= 4 is 0 Å². The maximum Gasteiger partial charge on any atom is 0.0817 e. The van der Waals surface area contributed by atoms with E-state index in [1.54, 1.807) is 0 Å². The van der Waals surface area contributed by atoms with Gasteiger partial charge in [0.25, 0.3) is 0 Å². The van der Waals surface area contributed by atoms with Gasteiger partial charge in [-0.05, 0) is 98.2 Å². The molecular formula is C34H46O3. The standard InChI is InChI=1S/C34H46O3/c1-22-7-12-27(13-8-22)34(18-19-34)32(37)16-9-23(2)29-14-15-30-25(6-5-17-33(29,30)4)10-11-26-20-28(35)21-31(36)24(26)3/h7-13,16,23,28-32,35-37H,3,5-6,14-15,17-21H2,1-2,4H3/b16-9+,25-10+,26-11-/t23-,28-,29-,30+,31+,32-,33-/m1/s1. The summed E-state index contributed by atoms with van der Waals surface area (Å²) in [5, 5.41) is 31.5. The molecule has 3 heteroatoms. The summed E-state index contributed by atoms with van der Waals surface area (Å²) < 4.78 is 0. The maximum atomic E-state index is 11.2. The van der Waals surface area contributed by atoms with Crippen LogP contribution in [0.15, 0.2) is 71.9 Å². The average Bonchev–Trinajstić information content (AvgIpc) is 3.60. The molecule has 0 saturated heterocycles. The first-order valence-electron chi connectivity index (χ1n) is 14.5. The summed E-state index contributed by atoms with van der Waals surface area (Å²) in [7, 11) is 0. The van der Waals surface area contributed by atoms with Crippen molar-refractivity contribution in [3.8, 4) is 0 Å². The van der Waals surface area contributed by atoms with Crippen molar-refractivity contribution in [2.75, 3.05) is 0 Å². The van der Waals surface area contributed by atoms with E-state index in [-0.39, 0.29) is 10.8 Å². The van der Waals surface area contributed by atoms with E-state index in [4.69, 9.17) is 0 Å². The Balaban J connectivity index is 1.28. The molecule has 7 atom stereocenters. The van der Waals surface area contributed by atoms with Gasteiger partial charge in [-0.3, -0.25) is 0 Å². The fraction of sp³-hybridized carbons (Fsp3) is 0.588. The average molecular weight is 503 g/mol. The Hall–Kier alpha value is -1.94. The molecule has 0 amide bonds. The molecule has 0 heterocycles. The third-order valence-corrected chi connectivity index (χ3v) is 10.5. The highest BCUT2D eigenvalue weighted by Gasteiger charge is 2.51. The smallest absolute Gasteiger partial charge is 0.0817 e. The zero-order chi connectivity index (χ0) is 26.4. The summed E-state index contributed by atoms with van der Waals surface area (Å²) in [5.41, 5.74) is 6.00. The highest BCUT2D eigenvalue weighted by molar-refractivity contribution is 5.39. The molecule has 1 aromatic rings. The molecule has 4 saturated carbocycles. The summed E-state index contributed by atoms with van der Waals surface area (Å²) in [4.78, 5) is 0. The highest BCUT2D eigenvalue weighted by atomic mass is 16.3. The Morgan fingerprint density at radius 1 is 1.03 bits per heavy atom. The molecule has 3 nitrogen and oxygen atoms in total. The van der Waals surface area contributed by atoms with Gasteiger partial charge in [0.2, 0.25) is 0 Å². The molecule has 4 aliphatic carbocycles. The van der Waals surface area contributed by atoms with E-state index < -0.39 is 18.3 Å². The SMILES string of the molecule is C=C1/C(=C\C=C2/CCC[C@]3(C)[C@@H]([C@H](C)/C=C/[C@@H](O)C4(c5ccc(C)cc5)CC4)CC[C@@H]23)C[C@@H](O)C[C@@H]1O. The normalized spacial score (nSPS) is 37.2. The minimum Gasteiger partial charge on any atom is -0.393 e. The van der Waals surface area contributed by atoms with Crippen LogP contribution in [0.5, 0.6) is 0 Å². The molecule has 0 spiro atoms. The van der Waals surface area contributed by atoms with Crippen LogP contribution >= 0.6 is 0 Å². The van der Waals surface area contributed by atoms with Crippen molar-refractivity contribution < 1.29 is 15.3 Å². The van der Waals surface area contributed by atoms with Gasteiger partial charge in [-0.25, -0.2) is 0 Å². The van der Waals surface area contributed by atoms with Crippen LogP contribution in [0.25, 0.3) is 0 Å². The van der Waals surface area contributed by atoms with Crippen LogP contribution < -0.4 is 0 Å². The van der Waals surface area contributed by atoms with Gasteiger partial charge in [0.05, 0.1) is 18.3 Å². The summed E-state index contributed by atoms with van der Waals surface area (Å²) in [6, 6.07) is 8.71. The van der Waals surface area contributed by atoms with Crippen molar-refractivity contribution in [1.29, 1.82) is 0 Å². The second-order valence-corrected chi connectivity index (χ2v) is 12.9. The minimum atomic E-state index is -0.635. The van der Waals surface area contributed by atoms with Gasteiger partial charge in [0, 0.05) is 11.8 Å². The van der Waals surface area contributed by atoms with E-state index >= 15 is 0 Å². The summed E-state index contributed by atoms with van der Waals surface area (Å²) in [5.74, 6) is 1.62. The van der Waals surface area contributed by atoms with Crippen molar-refractivity contribution in [1.82, 2.24) is 0 Å². The van der Waals surface area contributed by atoms with E-state index in [0.29, 0.717) is 30.6 Å². The van der Waals surface area contributed by atoms with Gasteiger partial charge in [-0.1, -0.05) is 80.1 Å². The van der Waals surface area contributed by atoms with Crippen LogP contribution in [0.1, 0.15) is 82.8 Å². The molecule has 200 valence electrons. The van der Waals surface area contributed by atoms with Crippen LogP contribution in [0.2, 0.25) is 0 Å². The van der Waals surface area contributed by atoms with E-state index in [9.17, 15) is 15.3 Å². The number of fused-ring (bicyclic) bond motifs is 1. The Morgan fingerprint density at radius 3 is 2.46 bits per heavy atom. The Bertz CT molecular complexity index is 1090. The molecule has 0 aliphatic heterocycles. The van der Waals surface area contributed by atoms with Gasteiger partial charge < -0.3 is 15.3 Å². The molecule has 5 rings (SSSR count). The summed E-state index contributed by atoms with van der Waals surface area (Å²) in [6.07, 6.45) is 16.4. The molecule has 4 aliphatic rings. The molecule has 0 unspecified atom stereocenters. The number of hydrogen-bond donors (Lipinski definition) is 3. The van der Waals surface area contributed by atoms with Crippen molar-refractivity contribution in [3.63, 3.8) is 0 Å². The molecule has 1 aromatic carbocycles. The van der Waals surface area contributed by atoms with Gasteiger partial charge in [0.1, 0.15) is 0 Å². The molecule has 3 N–H and O–H groups in total. The van der Waals surface area contributed by atoms with Crippen LogP contribution in [0.4, 0.5) is 0 Å². The predicted octanol–water partition coefficient (Wildman–Crippen LogP) is 6.72. The summed E-state index contributed by atoms with van der Waals surface area (Å²) in [6.45, 7) is 11.0. The second-order valence-electron chi connectivity index (χ2n) is 12.9. The number of aliphatic hydroxyl groups excluding tert-OH is 3. The molecule has 37 heavy (non-hydrogen) atoms. The first-order chi connectivity index (χ1) is 17.6. The Morgan fingerprint density at radius 2 is 1.76 bits per heavy atom. The van der Waals surface area contributed by atoms with Crippen LogP contribution in [-0.2, 0) is 5.41 Å². The largest absolute Gasteiger partial charge is 0.393 e. The Kier molecular flexibility index (Phi) is 7.44. The highest BCUT2D eigenvalue weighted by Crippen LogP contribution is 2.60. The zero-order valence-corrected chi connectivity index (χ0v) is 23.0. The van der Waals surface area contributed by atoms with E-state index in [0.717, 1.165) is 30.4 Å². The van der Waals surface area contributed by atoms with Gasteiger partial charge >= 0.3 is 0 Å². The lowest BCUT2D eigenvalue weighted by Gasteiger charge is -2.44. The lowest BCUT2D eigenvalue weighted by atomic mass is 9.61. The number of rotatable bonds is 6. The monoisotopic (exact) mass is 502 g/mol. The minimum absolute atomic E-state index is 0.0927. The van der Waals surface area contributed by atoms with Gasteiger partial charge in [-0.2, -0.15) is 0 Å². The van der Waals surface area contributed by atoms with Crippen LogP contribution in [0.3, 0.4) is 0 Å². The van der Waals surface area contributed by atoms with Crippen molar-refractivity contribution in [2.24, 2.45) is 23.2 Å². The molecule has 0 radical (unpaired) electrons. The maximum absolute atomic E-state index is 11.2. The van der Waals surface area contributed by atoms with Crippen molar-refractivity contribution in [2.45, 2.75) is 102 Å². The fourth-order valence-electron chi connectivity index (χ4n) is 7.98. The topological polar surface area (TPSA) is 60.7 Å². The van der Waals surface area contributed by atoms with Gasteiger partial charge in [0.15, 0.2) is 0 Å². The second kappa shape index (κ2) is 10.3. The number of aryl methyl sites for hydroxylation is 1. The van der Waals surface area contributed by atoms with E-state index in [1.165, 1.54) is 42.4 Å². The number of allylic oxidation sites excluding steroid dienone is 4. The van der Waals surface area contributed by atoms with E-state index in [2.05, 4.69) is 75.9 Å².